The van der Waals surface area contributed by atoms with Crippen molar-refractivity contribution in [1.82, 2.24) is 4.90 Å². The van der Waals surface area contributed by atoms with E-state index < -0.39 is 0 Å². The summed E-state index contributed by atoms with van der Waals surface area (Å²) in [4.78, 5) is 2.65. The topological polar surface area (TPSA) is 29.3 Å². The van der Waals surface area contributed by atoms with Crippen molar-refractivity contribution < 1.29 is 0 Å². The Labute approximate surface area is 82.5 Å². The van der Waals surface area contributed by atoms with E-state index in [-0.39, 0.29) is 0 Å². The second-order valence-electron chi connectivity index (χ2n) is 4.12. The average Bonchev–Trinajstić information content (AvgIpc) is 2.17. The first-order valence-electron chi connectivity index (χ1n) is 5.82. The van der Waals surface area contributed by atoms with Crippen molar-refractivity contribution in [3.63, 3.8) is 0 Å². The van der Waals surface area contributed by atoms with Crippen molar-refractivity contribution in [2.45, 2.75) is 51.5 Å². The van der Waals surface area contributed by atoms with Crippen molar-refractivity contribution >= 4 is 0 Å². The Morgan fingerprint density at radius 2 is 2.23 bits per heavy atom. The Kier molecular flexibility index (Phi) is 5.40. The molecule has 0 amide bonds. The smallest absolute Gasteiger partial charge is 0.00951 e. The van der Waals surface area contributed by atoms with Gasteiger partial charge in [0.15, 0.2) is 0 Å². The second-order valence-corrected chi connectivity index (χ2v) is 4.12. The minimum Gasteiger partial charge on any atom is -0.330 e. The van der Waals surface area contributed by atoms with E-state index >= 15 is 0 Å². The maximum absolute atomic E-state index is 5.54. The SMILES string of the molecule is CCCC1CCCCN1CCCN. The molecule has 1 heterocycles. The summed E-state index contributed by atoms with van der Waals surface area (Å²) in [6.07, 6.45) is 8.11. The molecule has 0 aromatic heterocycles. The molecule has 0 radical (unpaired) electrons. The second kappa shape index (κ2) is 6.39. The van der Waals surface area contributed by atoms with Crippen LogP contribution in [0.4, 0.5) is 0 Å². The highest BCUT2D eigenvalue weighted by atomic mass is 15.2. The maximum atomic E-state index is 5.54. The molecule has 78 valence electrons. The standard InChI is InChI=1S/C11H24N2/c1-2-6-11-7-3-4-9-13(11)10-5-8-12/h11H,2-10,12H2,1H3. The van der Waals surface area contributed by atoms with Crippen LogP contribution in [-0.2, 0) is 0 Å². The molecule has 0 bridgehead atoms. The lowest BCUT2D eigenvalue weighted by molar-refractivity contribution is 0.139. The molecule has 1 saturated heterocycles. The molecule has 0 spiro atoms. The van der Waals surface area contributed by atoms with Gasteiger partial charge < -0.3 is 10.6 Å². The molecule has 1 aliphatic rings. The predicted octanol–water partition coefficient (Wildman–Crippen LogP) is 1.99. The molecule has 1 unspecified atom stereocenters. The van der Waals surface area contributed by atoms with Crippen LogP contribution in [0.25, 0.3) is 0 Å². The molecule has 2 heteroatoms. The fraction of sp³-hybridized carbons (Fsp3) is 1.00. The van der Waals surface area contributed by atoms with E-state index in [1.54, 1.807) is 0 Å². The van der Waals surface area contributed by atoms with E-state index in [0.29, 0.717) is 0 Å². The van der Waals surface area contributed by atoms with E-state index in [1.165, 1.54) is 51.6 Å². The molecule has 2 N–H and O–H groups in total. The molecule has 0 aromatic carbocycles. The van der Waals surface area contributed by atoms with Gasteiger partial charge in [-0.25, -0.2) is 0 Å². The van der Waals surface area contributed by atoms with Crippen LogP contribution in [0.1, 0.15) is 45.4 Å². The summed E-state index contributed by atoms with van der Waals surface area (Å²) in [6, 6.07) is 0.866. The van der Waals surface area contributed by atoms with Gasteiger partial charge in [0.25, 0.3) is 0 Å². The van der Waals surface area contributed by atoms with Crippen molar-refractivity contribution in [2.75, 3.05) is 19.6 Å². The van der Waals surface area contributed by atoms with Gasteiger partial charge in [0.05, 0.1) is 0 Å². The van der Waals surface area contributed by atoms with E-state index in [2.05, 4.69) is 11.8 Å². The van der Waals surface area contributed by atoms with Gasteiger partial charge in [-0.2, -0.15) is 0 Å². The zero-order chi connectivity index (χ0) is 9.52. The number of likely N-dealkylation sites (tertiary alicyclic amines) is 1. The van der Waals surface area contributed by atoms with Gasteiger partial charge in [-0.05, 0) is 45.3 Å². The Balaban J connectivity index is 2.28. The van der Waals surface area contributed by atoms with E-state index in [9.17, 15) is 0 Å². The third kappa shape index (κ3) is 3.65. The van der Waals surface area contributed by atoms with Crippen LogP contribution < -0.4 is 5.73 Å². The monoisotopic (exact) mass is 184 g/mol. The molecular weight excluding hydrogens is 160 g/mol. The molecule has 0 aliphatic carbocycles. The Hall–Kier alpha value is -0.0800. The van der Waals surface area contributed by atoms with Crippen LogP contribution in [-0.4, -0.2) is 30.6 Å². The molecular formula is C11H24N2. The minimum atomic E-state index is 0.843. The zero-order valence-corrected chi connectivity index (χ0v) is 8.97. The largest absolute Gasteiger partial charge is 0.330 e. The molecule has 13 heavy (non-hydrogen) atoms. The molecule has 1 fully saturated rings. The summed E-state index contributed by atoms with van der Waals surface area (Å²) in [7, 11) is 0. The summed E-state index contributed by atoms with van der Waals surface area (Å²) in [5, 5.41) is 0. The molecule has 2 nitrogen and oxygen atoms in total. The van der Waals surface area contributed by atoms with E-state index in [0.717, 1.165) is 12.6 Å². The van der Waals surface area contributed by atoms with Gasteiger partial charge in [-0.1, -0.05) is 19.8 Å². The first kappa shape index (κ1) is 11.0. The Morgan fingerprint density at radius 1 is 1.38 bits per heavy atom. The highest BCUT2D eigenvalue weighted by Gasteiger charge is 2.20. The first-order valence-corrected chi connectivity index (χ1v) is 5.82. The van der Waals surface area contributed by atoms with E-state index in [1.807, 2.05) is 0 Å². The van der Waals surface area contributed by atoms with Crippen LogP contribution in [0.2, 0.25) is 0 Å². The molecule has 0 aromatic rings. The van der Waals surface area contributed by atoms with Crippen LogP contribution in [0.5, 0.6) is 0 Å². The van der Waals surface area contributed by atoms with Crippen molar-refractivity contribution in [1.29, 1.82) is 0 Å². The lowest BCUT2D eigenvalue weighted by Crippen LogP contribution is -2.40. The lowest BCUT2D eigenvalue weighted by Gasteiger charge is -2.35. The van der Waals surface area contributed by atoms with Gasteiger partial charge in [0, 0.05) is 6.04 Å². The number of piperidine rings is 1. The normalized spacial score (nSPS) is 24.9. The van der Waals surface area contributed by atoms with Crippen molar-refractivity contribution in [2.24, 2.45) is 5.73 Å². The van der Waals surface area contributed by atoms with Gasteiger partial charge >= 0.3 is 0 Å². The van der Waals surface area contributed by atoms with Crippen molar-refractivity contribution in [3.05, 3.63) is 0 Å². The minimum absolute atomic E-state index is 0.843. The third-order valence-electron chi connectivity index (χ3n) is 3.02. The summed E-state index contributed by atoms with van der Waals surface area (Å²) >= 11 is 0. The highest BCUT2D eigenvalue weighted by molar-refractivity contribution is 4.76. The average molecular weight is 184 g/mol. The summed E-state index contributed by atoms with van der Waals surface area (Å²) < 4.78 is 0. The van der Waals surface area contributed by atoms with Crippen LogP contribution in [0.15, 0.2) is 0 Å². The van der Waals surface area contributed by atoms with Gasteiger partial charge in [-0.3, -0.25) is 0 Å². The summed E-state index contributed by atoms with van der Waals surface area (Å²) in [5.41, 5.74) is 5.54. The maximum Gasteiger partial charge on any atom is 0.00951 e. The number of hydrogen-bond donors (Lipinski definition) is 1. The molecule has 1 atom stereocenters. The number of rotatable bonds is 5. The predicted molar refractivity (Wildman–Crippen MR) is 57.8 cm³/mol. The lowest BCUT2D eigenvalue weighted by atomic mass is 9.98. The fourth-order valence-electron chi connectivity index (χ4n) is 2.31. The third-order valence-corrected chi connectivity index (χ3v) is 3.02. The van der Waals surface area contributed by atoms with Crippen LogP contribution in [0.3, 0.4) is 0 Å². The van der Waals surface area contributed by atoms with Gasteiger partial charge in [0.1, 0.15) is 0 Å². The number of nitrogens with two attached hydrogens (primary N) is 1. The first-order chi connectivity index (χ1) is 6.38. The van der Waals surface area contributed by atoms with Gasteiger partial charge in [0.2, 0.25) is 0 Å². The number of hydrogen-bond acceptors (Lipinski definition) is 2. The van der Waals surface area contributed by atoms with Crippen LogP contribution >= 0.6 is 0 Å². The number of nitrogens with zero attached hydrogens (tertiary/aromatic N) is 1. The molecule has 1 rings (SSSR count). The van der Waals surface area contributed by atoms with Crippen LogP contribution in [0, 0.1) is 0 Å². The fourth-order valence-corrected chi connectivity index (χ4v) is 2.31. The van der Waals surface area contributed by atoms with Gasteiger partial charge in [-0.15, -0.1) is 0 Å². The zero-order valence-electron chi connectivity index (χ0n) is 8.97. The highest BCUT2D eigenvalue weighted by Crippen LogP contribution is 2.20. The molecule has 1 aliphatic heterocycles. The van der Waals surface area contributed by atoms with Crippen molar-refractivity contribution in [3.8, 4) is 0 Å². The molecule has 0 saturated carbocycles. The summed E-state index contributed by atoms with van der Waals surface area (Å²) in [6.45, 7) is 5.66. The van der Waals surface area contributed by atoms with E-state index in [4.69, 9.17) is 5.73 Å². The summed E-state index contributed by atoms with van der Waals surface area (Å²) in [5.74, 6) is 0. The Bertz CT molecular complexity index is 123. The quantitative estimate of drug-likeness (QED) is 0.708. The Morgan fingerprint density at radius 3 is 2.92 bits per heavy atom.